The molecule has 0 radical (unpaired) electrons. The van der Waals surface area contributed by atoms with Crippen LogP contribution in [0, 0.1) is 5.92 Å². The molecule has 0 spiro atoms. The quantitative estimate of drug-likeness (QED) is 0.401. The van der Waals surface area contributed by atoms with E-state index >= 15 is 0 Å². The van der Waals surface area contributed by atoms with E-state index in [0.29, 0.717) is 0 Å². The fraction of sp³-hybridized carbons (Fsp3) is 0.500. The van der Waals surface area contributed by atoms with Gasteiger partial charge in [0, 0.05) is 13.0 Å². The van der Waals surface area contributed by atoms with Crippen LogP contribution in [-0.2, 0) is 31.1 Å². The lowest BCUT2D eigenvalue weighted by molar-refractivity contribution is -0.145. The van der Waals surface area contributed by atoms with Crippen molar-refractivity contribution < 1.29 is 27.3 Å². The zero-order valence-corrected chi connectivity index (χ0v) is 14.9. The highest BCUT2D eigenvalue weighted by Crippen LogP contribution is 2.04. The molecule has 0 saturated heterocycles. The number of rotatable bonds is 10. The van der Waals surface area contributed by atoms with E-state index in [0.717, 1.165) is 5.56 Å². The van der Waals surface area contributed by atoms with Crippen LogP contribution >= 0.6 is 0 Å². The number of hydrogen-bond acceptors (Lipinski definition) is 6. The third-order valence-electron chi connectivity index (χ3n) is 3.36. The molecule has 2 atom stereocenters. The van der Waals surface area contributed by atoms with Gasteiger partial charge in [0.2, 0.25) is 5.91 Å². The van der Waals surface area contributed by atoms with Crippen LogP contribution in [0.25, 0.3) is 0 Å². The molecule has 0 saturated carbocycles. The molecule has 0 aromatic heterocycles. The highest BCUT2D eigenvalue weighted by atomic mass is 32.2. The molecular formula is C16H24N2O6S. The van der Waals surface area contributed by atoms with Crippen molar-refractivity contribution in [3.05, 3.63) is 35.9 Å². The minimum atomic E-state index is -4.09. The number of nitrogens with one attached hydrogen (secondary N) is 1. The van der Waals surface area contributed by atoms with Crippen LogP contribution in [0.4, 0.5) is 0 Å². The third-order valence-corrected chi connectivity index (χ3v) is 4.35. The Balaban J connectivity index is 2.24. The van der Waals surface area contributed by atoms with Crippen LogP contribution in [0.3, 0.4) is 0 Å². The van der Waals surface area contributed by atoms with E-state index in [2.05, 4.69) is 5.32 Å². The minimum Gasteiger partial charge on any atom is -0.461 e. The molecule has 9 heteroatoms. The van der Waals surface area contributed by atoms with Crippen LogP contribution in [0.15, 0.2) is 30.3 Å². The molecule has 8 nitrogen and oxygen atoms in total. The summed E-state index contributed by atoms with van der Waals surface area (Å²) in [5.74, 6) is -1.85. The summed E-state index contributed by atoms with van der Waals surface area (Å²) >= 11 is 0. The maximum Gasteiger partial charge on any atom is 0.306 e. The number of amides is 1. The monoisotopic (exact) mass is 372 g/mol. The Labute approximate surface area is 147 Å². The number of nitrogens with two attached hydrogens (primary N) is 1. The number of carbonyl (C=O) groups is 2. The lowest BCUT2D eigenvalue weighted by atomic mass is 10.1. The first-order valence-corrected chi connectivity index (χ1v) is 9.46. The van der Waals surface area contributed by atoms with Gasteiger partial charge in [-0.1, -0.05) is 37.3 Å². The van der Waals surface area contributed by atoms with E-state index in [1.54, 1.807) is 6.92 Å². The van der Waals surface area contributed by atoms with E-state index in [1.807, 2.05) is 30.3 Å². The minimum absolute atomic E-state index is 0.00198. The molecular weight excluding hydrogens is 348 g/mol. The smallest absolute Gasteiger partial charge is 0.306 e. The molecule has 25 heavy (non-hydrogen) atoms. The van der Waals surface area contributed by atoms with E-state index < -0.39 is 39.7 Å². The predicted octanol–water partition coefficient (Wildman–Crippen LogP) is 0.477. The Morgan fingerprint density at radius 3 is 2.52 bits per heavy atom. The molecule has 1 aromatic rings. The molecule has 140 valence electrons. The summed E-state index contributed by atoms with van der Waals surface area (Å²) in [5.41, 5.74) is 6.57. The molecule has 1 aromatic carbocycles. The van der Waals surface area contributed by atoms with Gasteiger partial charge < -0.3 is 15.8 Å². The average Bonchev–Trinajstić information content (AvgIpc) is 2.55. The number of benzene rings is 1. The van der Waals surface area contributed by atoms with Crippen molar-refractivity contribution in [3.8, 4) is 0 Å². The summed E-state index contributed by atoms with van der Waals surface area (Å²) < 4.78 is 35.3. The van der Waals surface area contributed by atoms with Crippen molar-refractivity contribution in [1.29, 1.82) is 0 Å². The van der Waals surface area contributed by atoms with E-state index in [1.165, 1.54) is 0 Å². The normalized spacial score (nSPS) is 13.7. The predicted molar refractivity (Wildman–Crippen MR) is 92.0 cm³/mol. The Hall–Kier alpha value is -1.97. The molecule has 0 fully saturated rings. The summed E-state index contributed by atoms with van der Waals surface area (Å²) in [6.45, 7) is 1.79. The largest absolute Gasteiger partial charge is 0.461 e. The van der Waals surface area contributed by atoms with Crippen molar-refractivity contribution in [1.82, 2.24) is 5.32 Å². The maximum absolute atomic E-state index is 11.8. The first-order valence-electron chi connectivity index (χ1n) is 7.85. The number of hydrogen-bond donors (Lipinski definition) is 3. The first kappa shape index (κ1) is 21.1. The third kappa shape index (κ3) is 9.80. The molecule has 1 rings (SSSR count). The van der Waals surface area contributed by atoms with Crippen LogP contribution in [0.5, 0.6) is 0 Å². The Bertz CT molecular complexity index is 662. The number of esters is 1. The van der Waals surface area contributed by atoms with Crippen molar-refractivity contribution in [2.24, 2.45) is 11.7 Å². The van der Waals surface area contributed by atoms with Crippen molar-refractivity contribution in [2.45, 2.75) is 32.4 Å². The van der Waals surface area contributed by atoms with Gasteiger partial charge in [-0.25, -0.2) is 0 Å². The SMILES string of the molecule is CC(CNC(=O)[C@@H](N)CCC(=O)OCc1ccccc1)CS(=O)(=O)O. The Kier molecular flexibility index (Phi) is 8.53. The van der Waals surface area contributed by atoms with Crippen LogP contribution in [0.2, 0.25) is 0 Å². The lowest BCUT2D eigenvalue weighted by Crippen LogP contribution is -2.43. The summed E-state index contributed by atoms with van der Waals surface area (Å²) in [5, 5.41) is 2.49. The number of ether oxygens (including phenoxy) is 1. The van der Waals surface area contributed by atoms with Gasteiger partial charge in [0.25, 0.3) is 10.1 Å². The Morgan fingerprint density at radius 2 is 1.92 bits per heavy atom. The molecule has 1 unspecified atom stereocenters. The molecule has 0 aliphatic heterocycles. The van der Waals surface area contributed by atoms with Gasteiger partial charge in [-0.05, 0) is 17.9 Å². The van der Waals surface area contributed by atoms with E-state index in [9.17, 15) is 18.0 Å². The second-order valence-electron chi connectivity index (χ2n) is 5.89. The van der Waals surface area contributed by atoms with Gasteiger partial charge in [0.15, 0.2) is 0 Å². The second kappa shape index (κ2) is 10.1. The molecule has 0 heterocycles. The second-order valence-corrected chi connectivity index (χ2v) is 7.39. The van der Waals surface area contributed by atoms with Crippen LogP contribution < -0.4 is 11.1 Å². The topological polar surface area (TPSA) is 136 Å². The first-order chi connectivity index (χ1) is 11.7. The van der Waals surface area contributed by atoms with E-state index in [4.69, 9.17) is 15.0 Å². The molecule has 4 N–H and O–H groups in total. The zero-order chi connectivity index (χ0) is 18.9. The van der Waals surface area contributed by atoms with Gasteiger partial charge >= 0.3 is 5.97 Å². The standard InChI is InChI=1S/C16H24N2O6S/c1-12(11-25(21,22)23)9-18-16(20)14(17)7-8-15(19)24-10-13-5-3-2-4-6-13/h2-6,12,14H,7-11,17H2,1H3,(H,18,20)(H,21,22,23)/t12?,14-/m0/s1. The summed E-state index contributed by atoms with van der Waals surface area (Å²) in [6, 6.07) is 8.31. The van der Waals surface area contributed by atoms with Crippen molar-refractivity contribution in [2.75, 3.05) is 12.3 Å². The zero-order valence-electron chi connectivity index (χ0n) is 14.1. The molecule has 0 bridgehead atoms. The van der Waals surface area contributed by atoms with E-state index in [-0.39, 0.29) is 26.0 Å². The Morgan fingerprint density at radius 1 is 1.28 bits per heavy atom. The van der Waals surface area contributed by atoms with Crippen LogP contribution in [0.1, 0.15) is 25.3 Å². The highest BCUT2D eigenvalue weighted by Gasteiger charge is 2.18. The van der Waals surface area contributed by atoms with Gasteiger partial charge in [-0.3, -0.25) is 14.1 Å². The lowest BCUT2D eigenvalue weighted by Gasteiger charge is -2.15. The molecule has 0 aliphatic carbocycles. The fourth-order valence-corrected chi connectivity index (χ4v) is 2.88. The highest BCUT2D eigenvalue weighted by molar-refractivity contribution is 7.85. The maximum atomic E-state index is 11.8. The summed E-state index contributed by atoms with van der Waals surface area (Å²) in [4.78, 5) is 23.5. The van der Waals surface area contributed by atoms with Crippen molar-refractivity contribution >= 4 is 22.0 Å². The summed E-state index contributed by atoms with van der Waals surface area (Å²) in [7, 11) is -4.09. The van der Waals surface area contributed by atoms with Gasteiger partial charge in [-0.2, -0.15) is 8.42 Å². The summed E-state index contributed by atoms with van der Waals surface area (Å²) in [6.07, 6.45) is 0.119. The number of carbonyl (C=O) groups excluding carboxylic acids is 2. The molecule has 1 amide bonds. The fourth-order valence-electron chi connectivity index (χ4n) is 2.04. The van der Waals surface area contributed by atoms with Gasteiger partial charge in [0.1, 0.15) is 6.61 Å². The van der Waals surface area contributed by atoms with Crippen LogP contribution in [-0.4, -0.2) is 43.2 Å². The average molecular weight is 372 g/mol. The molecule has 0 aliphatic rings. The van der Waals surface area contributed by atoms with Crippen molar-refractivity contribution in [3.63, 3.8) is 0 Å². The van der Waals surface area contributed by atoms with Gasteiger partial charge in [-0.15, -0.1) is 0 Å². The van der Waals surface area contributed by atoms with Gasteiger partial charge in [0.05, 0.1) is 11.8 Å².